The summed E-state index contributed by atoms with van der Waals surface area (Å²) in [5.74, 6) is -0.0894. The van der Waals surface area contributed by atoms with Gasteiger partial charge in [-0.1, -0.05) is 25.5 Å². The molecule has 2 aliphatic rings. The average molecular weight is 389 g/mol. The van der Waals surface area contributed by atoms with Gasteiger partial charge in [0.15, 0.2) is 0 Å². The van der Waals surface area contributed by atoms with Crippen LogP contribution in [0.15, 0.2) is 24.3 Å². The molecule has 154 valence electrons. The Bertz CT molecular complexity index is 656. The second kappa shape index (κ2) is 8.95. The second-order valence-corrected chi connectivity index (χ2v) is 8.33. The average Bonchev–Trinajstić information content (AvgIpc) is 3.06. The molecule has 1 spiro atoms. The lowest BCUT2D eigenvalue weighted by molar-refractivity contribution is -0.147. The third-order valence-corrected chi connectivity index (χ3v) is 6.21. The van der Waals surface area contributed by atoms with Crippen molar-refractivity contribution in [2.75, 3.05) is 26.2 Å². The van der Waals surface area contributed by atoms with Crippen LogP contribution in [0.5, 0.6) is 5.75 Å². The van der Waals surface area contributed by atoms with Crippen LogP contribution in [0.1, 0.15) is 51.5 Å². The van der Waals surface area contributed by atoms with E-state index in [1.54, 1.807) is 4.90 Å². The van der Waals surface area contributed by atoms with E-state index in [1.165, 1.54) is 12.5 Å². The number of likely N-dealkylation sites (tertiary alicyclic amines) is 2. The number of hydrogen-bond donors (Lipinski definition) is 1. The summed E-state index contributed by atoms with van der Waals surface area (Å²) in [6.07, 6.45) is 4.67. The van der Waals surface area contributed by atoms with Gasteiger partial charge in [0.1, 0.15) is 11.8 Å². The van der Waals surface area contributed by atoms with Gasteiger partial charge in [-0.25, -0.2) is 4.79 Å². The molecule has 0 aliphatic carbocycles. The van der Waals surface area contributed by atoms with E-state index in [0.29, 0.717) is 13.0 Å². The molecule has 2 heterocycles. The van der Waals surface area contributed by atoms with E-state index in [2.05, 4.69) is 24.0 Å². The van der Waals surface area contributed by atoms with Gasteiger partial charge in [0.05, 0.1) is 6.61 Å². The molecule has 2 fully saturated rings. The molecule has 0 saturated carbocycles. The third-order valence-electron chi connectivity index (χ3n) is 6.21. The Balaban J connectivity index is 1.51. The Kier molecular flexibility index (Phi) is 6.60. The van der Waals surface area contributed by atoms with Crippen LogP contribution < -0.4 is 4.74 Å². The molecule has 0 aromatic heterocycles. The molecule has 0 radical (unpaired) electrons. The van der Waals surface area contributed by atoms with Gasteiger partial charge >= 0.3 is 5.97 Å². The maximum Gasteiger partial charge on any atom is 0.326 e. The number of rotatable bonds is 7. The maximum absolute atomic E-state index is 11.8. The molecule has 6 nitrogen and oxygen atoms in total. The molecular formula is C22H32N2O4. The van der Waals surface area contributed by atoms with E-state index in [4.69, 9.17) is 4.74 Å². The van der Waals surface area contributed by atoms with Crippen LogP contribution in [0.2, 0.25) is 0 Å². The number of nitrogens with zero attached hydrogens (tertiary/aromatic N) is 2. The van der Waals surface area contributed by atoms with Crippen LogP contribution in [0.3, 0.4) is 0 Å². The highest BCUT2D eigenvalue weighted by Crippen LogP contribution is 2.43. The van der Waals surface area contributed by atoms with Gasteiger partial charge in [0, 0.05) is 20.0 Å². The minimum Gasteiger partial charge on any atom is -0.494 e. The number of aliphatic carboxylic acids is 1. The molecule has 1 N–H and O–H groups in total. The van der Waals surface area contributed by atoms with Gasteiger partial charge in [0.25, 0.3) is 0 Å². The largest absolute Gasteiger partial charge is 0.494 e. The van der Waals surface area contributed by atoms with Crippen molar-refractivity contribution in [3.05, 3.63) is 29.8 Å². The lowest BCUT2D eigenvalue weighted by Crippen LogP contribution is -2.42. The lowest BCUT2D eigenvalue weighted by Gasteiger charge is -2.39. The highest BCUT2D eigenvalue weighted by Gasteiger charge is 2.48. The lowest BCUT2D eigenvalue weighted by atomic mass is 9.76. The molecule has 6 heteroatoms. The Labute approximate surface area is 167 Å². The van der Waals surface area contributed by atoms with Crippen molar-refractivity contribution in [1.29, 1.82) is 0 Å². The van der Waals surface area contributed by atoms with Crippen LogP contribution in [0.4, 0.5) is 0 Å². The number of ether oxygens (including phenoxy) is 1. The third kappa shape index (κ3) is 4.85. The summed E-state index contributed by atoms with van der Waals surface area (Å²) in [6.45, 7) is 7.74. The van der Waals surface area contributed by atoms with Crippen molar-refractivity contribution in [3.63, 3.8) is 0 Å². The molecule has 1 atom stereocenters. The summed E-state index contributed by atoms with van der Waals surface area (Å²) in [4.78, 5) is 27.4. The Hall–Kier alpha value is -2.08. The zero-order chi connectivity index (χ0) is 20.1. The van der Waals surface area contributed by atoms with Crippen LogP contribution in [0, 0.1) is 5.41 Å². The van der Waals surface area contributed by atoms with Crippen LogP contribution in [0.25, 0.3) is 0 Å². The first-order valence-corrected chi connectivity index (χ1v) is 10.4. The van der Waals surface area contributed by atoms with Gasteiger partial charge in [-0.15, -0.1) is 0 Å². The number of hydrogen-bond acceptors (Lipinski definition) is 4. The number of unbranched alkanes of at least 4 members (excludes halogenated alkanes) is 1. The van der Waals surface area contributed by atoms with Crippen molar-refractivity contribution in [3.8, 4) is 5.75 Å². The summed E-state index contributed by atoms with van der Waals surface area (Å²) in [5, 5.41) is 9.47. The maximum atomic E-state index is 11.8. The summed E-state index contributed by atoms with van der Waals surface area (Å²) in [6, 6.07) is 7.66. The summed E-state index contributed by atoms with van der Waals surface area (Å²) < 4.78 is 5.72. The topological polar surface area (TPSA) is 70.1 Å². The van der Waals surface area contributed by atoms with Crippen molar-refractivity contribution in [2.45, 2.75) is 58.5 Å². The van der Waals surface area contributed by atoms with Crippen LogP contribution >= 0.6 is 0 Å². The SMILES string of the molecule is CCCCOc1ccc(CN2CCC3(CC2)C[C@@H](C(=O)O)N(C(C)=O)C3)cc1. The Morgan fingerprint density at radius 2 is 1.89 bits per heavy atom. The molecule has 0 bridgehead atoms. The monoisotopic (exact) mass is 388 g/mol. The molecular weight excluding hydrogens is 356 g/mol. The van der Waals surface area contributed by atoms with Crippen LogP contribution in [-0.2, 0) is 16.1 Å². The van der Waals surface area contributed by atoms with E-state index in [-0.39, 0.29) is 11.3 Å². The number of carbonyl (C=O) groups is 2. The summed E-state index contributed by atoms with van der Waals surface area (Å²) in [5.41, 5.74) is 1.22. The van der Waals surface area contributed by atoms with Gasteiger partial charge in [-0.2, -0.15) is 0 Å². The van der Waals surface area contributed by atoms with E-state index in [9.17, 15) is 14.7 Å². The highest BCUT2D eigenvalue weighted by atomic mass is 16.5. The molecule has 0 unspecified atom stereocenters. The zero-order valence-corrected chi connectivity index (χ0v) is 17.0. The number of piperidine rings is 1. The smallest absolute Gasteiger partial charge is 0.326 e. The molecule has 1 aromatic carbocycles. The molecule has 3 rings (SSSR count). The quantitative estimate of drug-likeness (QED) is 0.727. The first kappa shape index (κ1) is 20.6. The van der Waals surface area contributed by atoms with Gasteiger partial charge < -0.3 is 14.7 Å². The van der Waals surface area contributed by atoms with Crippen molar-refractivity contribution in [2.24, 2.45) is 5.41 Å². The number of carboxylic acids is 1. The molecule has 2 saturated heterocycles. The fraction of sp³-hybridized carbons (Fsp3) is 0.636. The standard InChI is InChI=1S/C22H32N2O4/c1-3-4-13-28-19-7-5-18(6-8-19)15-23-11-9-22(10-12-23)14-20(21(26)27)24(16-22)17(2)25/h5-8,20H,3-4,9-16H2,1-2H3,(H,26,27)/t20-/m0/s1. The Morgan fingerprint density at radius 1 is 1.21 bits per heavy atom. The highest BCUT2D eigenvalue weighted by molar-refractivity contribution is 5.83. The normalized spacial score (nSPS) is 21.8. The zero-order valence-electron chi connectivity index (χ0n) is 17.0. The summed E-state index contributed by atoms with van der Waals surface area (Å²) >= 11 is 0. The number of carbonyl (C=O) groups excluding carboxylic acids is 1. The first-order valence-electron chi connectivity index (χ1n) is 10.4. The second-order valence-electron chi connectivity index (χ2n) is 8.33. The fourth-order valence-corrected chi connectivity index (χ4v) is 4.44. The van der Waals surface area contributed by atoms with Crippen molar-refractivity contribution in [1.82, 2.24) is 9.80 Å². The minimum absolute atomic E-state index is 0.0395. The molecule has 28 heavy (non-hydrogen) atoms. The molecule has 1 amide bonds. The number of benzene rings is 1. The van der Waals surface area contributed by atoms with Crippen molar-refractivity contribution >= 4 is 11.9 Å². The first-order chi connectivity index (χ1) is 13.4. The minimum atomic E-state index is -0.879. The van der Waals surface area contributed by atoms with E-state index < -0.39 is 12.0 Å². The molecule has 1 aromatic rings. The van der Waals surface area contributed by atoms with E-state index in [1.807, 2.05) is 12.1 Å². The number of carboxylic acid groups (broad SMARTS) is 1. The van der Waals surface area contributed by atoms with Gasteiger partial charge in [-0.05, 0) is 61.9 Å². The van der Waals surface area contributed by atoms with Crippen LogP contribution in [-0.4, -0.2) is 59.1 Å². The van der Waals surface area contributed by atoms with E-state index >= 15 is 0 Å². The summed E-state index contributed by atoms with van der Waals surface area (Å²) in [7, 11) is 0. The van der Waals surface area contributed by atoms with E-state index in [0.717, 1.165) is 57.7 Å². The predicted molar refractivity (Wildman–Crippen MR) is 107 cm³/mol. The Morgan fingerprint density at radius 3 is 2.43 bits per heavy atom. The van der Waals surface area contributed by atoms with Crippen molar-refractivity contribution < 1.29 is 19.4 Å². The van der Waals surface area contributed by atoms with Gasteiger partial charge in [-0.3, -0.25) is 9.69 Å². The van der Waals surface area contributed by atoms with Gasteiger partial charge in [0.2, 0.25) is 5.91 Å². The fourth-order valence-electron chi connectivity index (χ4n) is 4.44. The predicted octanol–water partition coefficient (Wildman–Crippen LogP) is 3.15. The number of amides is 1. The molecule has 2 aliphatic heterocycles.